The van der Waals surface area contributed by atoms with Crippen molar-refractivity contribution in [3.8, 4) is 0 Å². The first-order valence-corrected chi connectivity index (χ1v) is 12.4. The lowest BCUT2D eigenvalue weighted by atomic mass is 9.87. The lowest BCUT2D eigenvalue weighted by Crippen LogP contribution is -2.43. The molecule has 0 bridgehead atoms. The summed E-state index contributed by atoms with van der Waals surface area (Å²) in [5, 5.41) is 3.13. The van der Waals surface area contributed by atoms with Crippen LogP contribution in [0, 0.1) is 11.8 Å². The topological polar surface area (TPSA) is 52.7 Å². The Morgan fingerprint density at radius 1 is 0.897 bits per heavy atom. The number of nitrogens with zero attached hydrogens (tertiary/aromatic N) is 2. The van der Waals surface area contributed by atoms with E-state index in [4.69, 9.17) is 0 Å². The predicted octanol–water partition coefficient (Wildman–Crippen LogP) is 3.97. The first-order chi connectivity index (χ1) is 14.1. The van der Waals surface area contributed by atoms with Crippen molar-refractivity contribution in [1.82, 2.24) is 15.1 Å². The number of nitrogens with one attached hydrogen (secondary N) is 1. The van der Waals surface area contributed by atoms with E-state index in [-0.39, 0.29) is 11.8 Å². The lowest BCUT2D eigenvalue weighted by molar-refractivity contribution is -0.138. The van der Waals surface area contributed by atoms with Crippen LogP contribution >= 0.6 is 0 Å². The highest BCUT2D eigenvalue weighted by molar-refractivity contribution is 5.79. The molecule has 0 unspecified atom stereocenters. The summed E-state index contributed by atoms with van der Waals surface area (Å²) in [6.07, 6.45) is 16.3. The van der Waals surface area contributed by atoms with E-state index >= 15 is 0 Å². The van der Waals surface area contributed by atoms with E-state index in [2.05, 4.69) is 22.2 Å². The Morgan fingerprint density at radius 2 is 1.52 bits per heavy atom. The zero-order valence-corrected chi connectivity index (χ0v) is 18.7. The van der Waals surface area contributed by atoms with Crippen molar-refractivity contribution in [2.75, 3.05) is 33.2 Å². The molecule has 1 saturated heterocycles. The van der Waals surface area contributed by atoms with Crippen molar-refractivity contribution in [3.05, 3.63) is 0 Å². The summed E-state index contributed by atoms with van der Waals surface area (Å²) >= 11 is 0. The number of amides is 2. The Balaban J connectivity index is 1.25. The minimum atomic E-state index is 0.197. The average Bonchev–Trinajstić information content (AvgIpc) is 2.78. The summed E-state index contributed by atoms with van der Waals surface area (Å²) in [5.41, 5.74) is 0. The van der Waals surface area contributed by atoms with Gasteiger partial charge in [0.2, 0.25) is 11.8 Å². The Morgan fingerprint density at radius 3 is 2.17 bits per heavy atom. The number of piperidine rings is 1. The van der Waals surface area contributed by atoms with Crippen molar-refractivity contribution in [2.24, 2.45) is 11.8 Å². The van der Waals surface area contributed by atoms with E-state index in [1.54, 1.807) is 0 Å². The van der Waals surface area contributed by atoms with Crippen LogP contribution in [0.1, 0.15) is 89.9 Å². The fourth-order valence-electron chi connectivity index (χ4n) is 5.56. The predicted molar refractivity (Wildman–Crippen MR) is 118 cm³/mol. The second-order valence-corrected chi connectivity index (χ2v) is 9.78. The molecule has 166 valence electrons. The summed E-state index contributed by atoms with van der Waals surface area (Å²) in [6.45, 7) is 3.56. The molecule has 1 aliphatic heterocycles. The SMILES string of the molecule is CN(CCCNC(=O)CC1CCN(C(=O)C2CCCCC2)CC1)C1CCCCC1. The minimum absolute atomic E-state index is 0.197. The van der Waals surface area contributed by atoms with Crippen LogP contribution in [0.5, 0.6) is 0 Å². The van der Waals surface area contributed by atoms with Gasteiger partial charge in [0.05, 0.1) is 0 Å². The van der Waals surface area contributed by atoms with Gasteiger partial charge in [-0.25, -0.2) is 0 Å². The molecule has 0 aromatic carbocycles. The molecule has 29 heavy (non-hydrogen) atoms. The van der Waals surface area contributed by atoms with Gasteiger partial charge >= 0.3 is 0 Å². The molecule has 3 rings (SSSR count). The Labute approximate surface area is 178 Å². The second kappa shape index (κ2) is 11.9. The maximum atomic E-state index is 12.7. The third kappa shape index (κ3) is 7.27. The lowest BCUT2D eigenvalue weighted by Gasteiger charge is -2.35. The molecule has 0 atom stereocenters. The quantitative estimate of drug-likeness (QED) is 0.622. The van der Waals surface area contributed by atoms with Gasteiger partial charge in [0, 0.05) is 38.0 Å². The van der Waals surface area contributed by atoms with Crippen LogP contribution in [0.3, 0.4) is 0 Å². The third-order valence-electron chi connectivity index (χ3n) is 7.56. The molecule has 0 radical (unpaired) electrons. The van der Waals surface area contributed by atoms with Crippen LogP contribution in [0.25, 0.3) is 0 Å². The Bertz CT molecular complexity index is 504. The molecule has 0 aromatic rings. The molecule has 2 amide bonds. The molecule has 2 aliphatic carbocycles. The van der Waals surface area contributed by atoms with Gasteiger partial charge in [-0.1, -0.05) is 38.5 Å². The minimum Gasteiger partial charge on any atom is -0.356 e. The fourth-order valence-corrected chi connectivity index (χ4v) is 5.56. The van der Waals surface area contributed by atoms with E-state index in [9.17, 15) is 9.59 Å². The molecule has 0 spiro atoms. The monoisotopic (exact) mass is 405 g/mol. The molecule has 3 aliphatic rings. The first kappa shape index (κ1) is 22.6. The fraction of sp³-hybridized carbons (Fsp3) is 0.917. The highest BCUT2D eigenvalue weighted by Gasteiger charge is 2.29. The van der Waals surface area contributed by atoms with Gasteiger partial charge in [-0.15, -0.1) is 0 Å². The Kier molecular flexibility index (Phi) is 9.29. The molecular formula is C24H43N3O2. The highest BCUT2D eigenvalue weighted by Crippen LogP contribution is 2.28. The van der Waals surface area contributed by atoms with Gasteiger partial charge in [-0.2, -0.15) is 0 Å². The van der Waals surface area contributed by atoms with Crippen molar-refractivity contribution >= 4 is 11.8 Å². The van der Waals surface area contributed by atoms with E-state index in [0.717, 1.165) is 64.3 Å². The van der Waals surface area contributed by atoms with E-state index < -0.39 is 0 Å². The zero-order chi connectivity index (χ0) is 20.5. The largest absolute Gasteiger partial charge is 0.356 e. The molecule has 1 heterocycles. The molecule has 5 nitrogen and oxygen atoms in total. The number of hydrogen-bond donors (Lipinski definition) is 1. The zero-order valence-electron chi connectivity index (χ0n) is 18.7. The molecular weight excluding hydrogens is 362 g/mol. The van der Waals surface area contributed by atoms with Gasteiger partial charge in [-0.05, 0) is 64.5 Å². The number of carbonyl (C=O) groups is 2. The molecule has 1 N–H and O–H groups in total. The third-order valence-corrected chi connectivity index (χ3v) is 7.56. The van der Waals surface area contributed by atoms with Gasteiger partial charge in [0.1, 0.15) is 0 Å². The smallest absolute Gasteiger partial charge is 0.225 e. The maximum absolute atomic E-state index is 12.7. The van der Waals surface area contributed by atoms with Crippen LogP contribution in [0.15, 0.2) is 0 Å². The molecule has 5 heteroatoms. The van der Waals surface area contributed by atoms with Gasteiger partial charge in [0.15, 0.2) is 0 Å². The van der Waals surface area contributed by atoms with Gasteiger partial charge in [0.25, 0.3) is 0 Å². The number of hydrogen-bond acceptors (Lipinski definition) is 3. The van der Waals surface area contributed by atoms with Crippen molar-refractivity contribution in [1.29, 1.82) is 0 Å². The normalized spacial score (nSPS) is 22.8. The van der Waals surface area contributed by atoms with Crippen LogP contribution in [-0.2, 0) is 9.59 Å². The first-order valence-electron chi connectivity index (χ1n) is 12.4. The second-order valence-electron chi connectivity index (χ2n) is 9.78. The van der Waals surface area contributed by atoms with Crippen molar-refractivity contribution < 1.29 is 9.59 Å². The molecule has 2 saturated carbocycles. The number of rotatable bonds is 8. The summed E-state index contributed by atoms with van der Waals surface area (Å²) < 4.78 is 0. The van der Waals surface area contributed by atoms with Crippen molar-refractivity contribution in [2.45, 2.75) is 95.9 Å². The van der Waals surface area contributed by atoms with E-state index in [1.165, 1.54) is 51.4 Å². The van der Waals surface area contributed by atoms with Crippen LogP contribution in [0.4, 0.5) is 0 Å². The summed E-state index contributed by atoms with van der Waals surface area (Å²) in [6, 6.07) is 0.751. The van der Waals surface area contributed by atoms with Crippen LogP contribution in [0.2, 0.25) is 0 Å². The summed E-state index contributed by atoms with van der Waals surface area (Å²) in [5.74, 6) is 1.29. The van der Waals surface area contributed by atoms with Crippen molar-refractivity contribution in [3.63, 3.8) is 0 Å². The van der Waals surface area contributed by atoms with E-state index in [1.807, 2.05) is 0 Å². The van der Waals surface area contributed by atoms with Crippen LogP contribution < -0.4 is 5.32 Å². The van der Waals surface area contributed by atoms with Gasteiger partial charge in [-0.3, -0.25) is 9.59 Å². The Hall–Kier alpha value is -1.10. The van der Waals surface area contributed by atoms with Crippen LogP contribution in [-0.4, -0.2) is 60.9 Å². The molecule has 3 fully saturated rings. The van der Waals surface area contributed by atoms with Gasteiger partial charge < -0.3 is 15.1 Å². The highest BCUT2D eigenvalue weighted by atomic mass is 16.2. The standard InChI is InChI=1S/C24H43N3O2/c1-26(22-11-6-3-7-12-22)16-8-15-25-23(28)19-20-13-17-27(18-14-20)24(29)21-9-4-2-5-10-21/h20-22H,2-19H2,1H3,(H,25,28). The number of carbonyl (C=O) groups excluding carboxylic acids is 2. The number of likely N-dealkylation sites (tertiary alicyclic amines) is 1. The maximum Gasteiger partial charge on any atom is 0.225 e. The summed E-state index contributed by atoms with van der Waals surface area (Å²) in [4.78, 5) is 29.5. The van der Waals surface area contributed by atoms with E-state index in [0.29, 0.717) is 18.2 Å². The average molecular weight is 406 g/mol. The summed E-state index contributed by atoms with van der Waals surface area (Å²) in [7, 11) is 2.24. The molecule has 0 aromatic heterocycles.